The largest absolute Gasteiger partial charge is 0.768 e. The summed E-state index contributed by atoms with van der Waals surface area (Å²) in [4.78, 5) is 13.4. The quantitative estimate of drug-likeness (QED) is 0.0659. The van der Waals surface area contributed by atoms with E-state index < -0.39 is 69.7 Å². The van der Waals surface area contributed by atoms with Crippen LogP contribution in [0, 0.1) is 6.92 Å². The summed E-state index contributed by atoms with van der Waals surface area (Å²) < 4.78 is 127. The van der Waals surface area contributed by atoms with Crippen LogP contribution >= 0.6 is 0 Å². The fourth-order valence-corrected chi connectivity index (χ4v) is 11.1. The van der Waals surface area contributed by atoms with Crippen LogP contribution in [0.1, 0.15) is 78.7 Å². The van der Waals surface area contributed by atoms with Crippen molar-refractivity contribution in [1.82, 2.24) is 0 Å². The summed E-state index contributed by atoms with van der Waals surface area (Å²) in [5.41, 5.74) is 5.59. The summed E-state index contributed by atoms with van der Waals surface area (Å²) >= 11 is -2.76. The molecule has 0 saturated heterocycles. The number of fused-ring (bicyclic) bond motifs is 6. The van der Waals surface area contributed by atoms with E-state index in [4.69, 9.17) is 0 Å². The highest BCUT2D eigenvalue weighted by Crippen LogP contribution is 2.55. The zero-order valence-corrected chi connectivity index (χ0v) is 36.8. The van der Waals surface area contributed by atoms with Crippen molar-refractivity contribution in [1.29, 1.82) is 0 Å². The Bertz CT molecular complexity index is 2820. The molecule has 0 radical (unpaired) electrons. The number of carbonyl (C=O) groups is 1. The standard InChI is InChI=1S/C41H46N2O13S4/c1-25-21-28(60(54,55)56)22-26-13-15-29-37(36(25)26)33(57(46)47)24-32-38(29)41(4,5)35(43(32)18-10-20-59(51,52)53)12-8-6-7-11-34-40(2,3)30-23-27(39(44)45)14-16-31(30)42(34)17-9-19-58(48,49)50/h6-8,11-12,14,16,21-24H,9-10,13,15,17-20H2,1-5H3,(H4-,44,45,46,47,48,49,50,51,52,53,54,55,56). The van der Waals surface area contributed by atoms with E-state index >= 15 is 0 Å². The third-order valence-corrected chi connectivity index (χ3v) is 14.5. The molecule has 19 heteroatoms. The van der Waals surface area contributed by atoms with Crippen LogP contribution in [0.5, 0.6) is 0 Å². The van der Waals surface area contributed by atoms with Gasteiger partial charge in [0.05, 0.1) is 27.4 Å². The van der Waals surface area contributed by atoms with E-state index in [1.165, 1.54) is 24.3 Å². The highest BCUT2D eigenvalue weighted by Gasteiger charge is 2.46. The lowest BCUT2D eigenvalue weighted by molar-refractivity contribution is -0.437. The maximum Gasteiger partial charge on any atom is 0.335 e. The number of carboxylic acid groups (broad SMARTS) is 1. The molecule has 0 bridgehead atoms. The van der Waals surface area contributed by atoms with Gasteiger partial charge in [0.2, 0.25) is 5.69 Å². The molecule has 3 aromatic rings. The number of aryl methyl sites for hydroxylation is 2. The molecule has 2 aliphatic heterocycles. The maximum absolute atomic E-state index is 13.0. The van der Waals surface area contributed by atoms with E-state index in [1.54, 1.807) is 37.3 Å². The lowest BCUT2D eigenvalue weighted by atomic mass is 9.74. The smallest absolute Gasteiger partial charge is 0.335 e. The van der Waals surface area contributed by atoms with Crippen LogP contribution in [0.15, 0.2) is 82.3 Å². The monoisotopic (exact) mass is 902 g/mol. The second-order valence-electron chi connectivity index (χ2n) is 16.2. The van der Waals surface area contributed by atoms with Gasteiger partial charge in [0.15, 0.2) is 5.71 Å². The Morgan fingerprint density at radius 2 is 1.55 bits per heavy atom. The minimum Gasteiger partial charge on any atom is -0.768 e. The summed E-state index contributed by atoms with van der Waals surface area (Å²) in [5, 5.41) is 9.68. The second kappa shape index (κ2) is 16.2. The topological polar surface area (TPSA) is 247 Å². The van der Waals surface area contributed by atoms with E-state index in [-0.39, 0.29) is 41.3 Å². The molecule has 1 atom stereocenters. The summed E-state index contributed by atoms with van der Waals surface area (Å²) in [6, 6.07) is 8.94. The predicted octanol–water partition coefficient (Wildman–Crippen LogP) is 5.67. The van der Waals surface area contributed by atoms with Gasteiger partial charge in [0, 0.05) is 57.9 Å². The third kappa shape index (κ3) is 8.85. The van der Waals surface area contributed by atoms with Gasteiger partial charge in [-0.2, -0.15) is 29.8 Å². The van der Waals surface area contributed by atoms with Gasteiger partial charge in [-0.25, -0.2) is 4.79 Å². The number of benzene rings is 3. The SMILES string of the molecule is Cc1cc(S(=O)(=O)O)cc2c1-c1c(S(=O)[O-])cc3c(c1CC2)C(C)(C)/C(=C/C=C/C=C/C1=[N+](CCCS(=O)(=O)O)c2ccc(C(=O)O)cc2C1(C)C)N3CCCS(=O)(=O)O. The lowest BCUT2D eigenvalue weighted by Gasteiger charge is -2.31. The lowest BCUT2D eigenvalue weighted by Crippen LogP contribution is -2.28. The van der Waals surface area contributed by atoms with Crippen LogP contribution < -0.4 is 4.90 Å². The minimum absolute atomic E-state index is 0.00746. The van der Waals surface area contributed by atoms with Crippen LogP contribution in [-0.4, -0.2) is 93.6 Å². The molecule has 1 unspecified atom stereocenters. The average molecular weight is 903 g/mol. The van der Waals surface area contributed by atoms with Crippen molar-refractivity contribution >= 4 is 64.5 Å². The Morgan fingerprint density at radius 1 is 0.883 bits per heavy atom. The van der Waals surface area contributed by atoms with Gasteiger partial charge in [-0.1, -0.05) is 32.1 Å². The predicted molar refractivity (Wildman–Crippen MR) is 226 cm³/mol. The number of nitrogens with zero attached hydrogens (tertiary/aromatic N) is 2. The Hall–Kier alpha value is -4.34. The minimum atomic E-state index is -4.54. The third-order valence-electron chi connectivity index (χ3n) is 11.4. The van der Waals surface area contributed by atoms with E-state index in [2.05, 4.69) is 0 Å². The second-order valence-corrected chi connectivity index (χ2v) is 21.6. The van der Waals surface area contributed by atoms with Crippen molar-refractivity contribution in [2.45, 2.75) is 80.9 Å². The molecule has 0 aromatic heterocycles. The van der Waals surface area contributed by atoms with Crippen molar-refractivity contribution in [2.75, 3.05) is 29.5 Å². The first kappa shape index (κ1) is 45.2. The molecule has 4 N–H and O–H groups in total. The normalized spacial score (nSPS) is 18.3. The van der Waals surface area contributed by atoms with Crippen molar-refractivity contribution in [3.63, 3.8) is 0 Å². The van der Waals surface area contributed by atoms with Gasteiger partial charge >= 0.3 is 5.97 Å². The first-order valence-corrected chi connectivity index (χ1v) is 24.6. The Kier molecular flexibility index (Phi) is 12.2. The highest BCUT2D eigenvalue weighted by atomic mass is 32.2. The van der Waals surface area contributed by atoms with Gasteiger partial charge in [-0.15, -0.1) is 0 Å². The Labute approximate surface area is 352 Å². The molecule has 2 heterocycles. The molecule has 3 aliphatic rings. The molecule has 0 spiro atoms. The average Bonchev–Trinajstić information content (AvgIpc) is 3.47. The van der Waals surface area contributed by atoms with Crippen molar-refractivity contribution < 1.29 is 62.1 Å². The van der Waals surface area contributed by atoms with Gasteiger partial charge in [0.1, 0.15) is 6.54 Å². The molecule has 1 aliphatic carbocycles. The molecular formula is C41H46N2O13S4. The van der Waals surface area contributed by atoms with Crippen LogP contribution in [0.25, 0.3) is 11.1 Å². The van der Waals surface area contributed by atoms with Crippen LogP contribution in [0.4, 0.5) is 11.4 Å². The van der Waals surface area contributed by atoms with Crippen LogP contribution in [-0.2, 0) is 65.1 Å². The summed E-state index contributed by atoms with van der Waals surface area (Å²) in [6.45, 7) is 9.74. The first-order valence-electron chi connectivity index (χ1n) is 18.9. The van der Waals surface area contributed by atoms with Gasteiger partial charge in [-0.3, -0.25) is 17.9 Å². The molecular weight excluding hydrogens is 857 g/mol. The Balaban J connectivity index is 1.44. The van der Waals surface area contributed by atoms with E-state index in [9.17, 15) is 57.6 Å². The maximum atomic E-state index is 13.0. The summed E-state index contributed by atoms with van der Waals surface area (Å²) in [7, 11) is -13.1. The molecule has 0 amide bonds. The van der Waals surface area contributed by atoms with Crippen LogP contribution in [0.2, 0.25) is 0 Å². The van der Waals surface area contributed by atoms with E-state index in [1.807, 2.05) is 49.3 Å². The zero-order chi connectivity index (χ0) is 44.3. The molecule has 6 rings (SSSR count). The summed E-state index contributed by atoms with van der Waals surface area (Å²) in [6.07, 6.45) is 9.75. The van der Waals surface area contributed by atoms with Gasteiger partial charge in [0.25, 0.3) is 30.4 Å². The van der Waals surface area contributed by atoms with Crippen LogP contribution in [0.3, 0.4) is 0 Å². The molecule has 322 valence electrons. The molecule has 15 nitrogen and oxygen atoms in total. The van der Waals surface area contributed by atoms with Crippen molar-refractivity contribution in [3.05, 3.63) is 106 Å². The van der Waals surface area contributed by atoms with Crippen molar-refractivity contribution in [2.24, 2.45) is 0 Å². The molecule has 3 aromatic carbocycles. The zero-order valence-electron chi connectivity index (χ0n) is 33.5. The number of anilines is 1. The fraction of sp³-hybridized carbons (Fsp3) is 0.366. The van der Waals surface area contributed by atoms with Gasteiger partial charge < -0.3 is 14.6 Å². The van der Waals surface area contributed by atoms with E-state index in [0.29, 0.717) is 52.2 Å². The number of rotatable bonds is 14. The Morgan fingerprint density at radius 3 is 2.17 bits per heavy atom. The highest BCUT2D eigenvalue weighted by molar-refractivity contribution is 7.86. The van der Waals surface area contributed by atoms with Gasteiger partial charge in [-0.05, 0) is 115 Å². The number of aromatic carboxylic acids is 1. The molecule has 60 heavy (non-hydrogen) atoms. The van der Waals surface area contributed by atoms with E-state index in [0.717, 1.165) is 22.4 Å². The number of carboxylic acids is 1. The number of allylic oxidation sites excluding steroid dienone is 6. The fourth-order valence-electron chi connectivity index (χ4n) is 8.90. The van der Waals surface area contributed by atoms with Crippen molar-refractivity contribution in [3.8, 4) is 11.1 Å². The summed E-state index contributed by atoms with van der Waals surface area (Å²) in [5.74, 6) is -2.10. The first-order chi connectivity index (χ1) is 27.7. The molecule has 0 saturated carbocycles. The number of hydrogen-bond donors (Lipinski definition) is 4. The molecule has 0 fully saturated rings. The number of hydrogen-bond acceptors (Lipinski definition) is 10.